The Labute approximate surface area is 117 Å². The Morgan fingerprint density at radius 1 is 1.53 bits per heavy atom. The van der Waals surface area contributed by atoms with Gasteiger partial charge in [0.15, 0.2) is 0 Å². The fraction of sp³-hybridized carbons (Fsp3) is 0.571. The number of halogens is 1. The third-order valence-electron chi connectivity index (χ3n) is 3.42. The monoisotopic (exact) mass is 345 g/mol. The summed E-state index contributed by atoms with van der Waals surface area (Å²) in [6.45, 7) is 7.16. The fourth-order valence-corrected chi connectivity index (χ4v) is 3.17. The van der Waals surface area contributed by atoms with Gasteiger partial charge in [0.25, 0.3) is 0 Å². The minimum atomic E-state index is 0.439. The molecule has 1 aliphatic heterocycles. The van der Waals surface area contributed by atoms with Gasteiger partial charge in [-0.15, -0.1) is 0 Å². The first-order chi connectivity index (χ1) is 8.24. The molecule has 1 heterocycles. The molecule has 0 radical (unpaired) electrons. The molecule has 94 valence electrons. The molecule has 0 amide bonds. The first-order valence-corrected chi connectivity index (χ1v) is 7.38. The fourth-order valence-electron chi connectivity index (χ4n) is 2.48. The number of ether oxygens (including phenoxy) is 1. The van der Waals surface area contributed by atoms with Crippen LogP contribution in [0.2, 0.25) is 0 Å². The summed E-state index contributed by atoms with van der Waals surface area (Å²) in [5.41, 5.74) is 2.80. The van der Waals surface area contributed by atoms with Crippen LogP contribution in [0.3, 0.4) is 0 Å². The predicted octanol–water partition coefficient (Wildman–Crippen LogP) is 3.29. The Morgan fingerprint density at radius 2 is 2.35 bits per heavy atom. The van der Waals surface area contributed by atoms with Gasteiger partial charge in [-0.05, 0) is 53.6 Å². The van der Waals surface area contributed by atoms with E-state index >= 15 is 0 Å². The molecule has 1 aromatic carbocycles. The number of nitrogens with one attached hydrogen (secondary N) is 1. The normalized spacial score (nSPS) is 21.7. The van der Waals surface area contributed by atoms with Gasteiger partial charge in [0.2, 0.25) is 0 Å². The van der Waals surface area contributed by atoms with Crippen LogP contribution in [0.4, 0.5) is 0 Å². The van der Waals surface area contributed by atoms with E-state index in [0.717, 1.165) is 19.8 Å². The molecule has 1 aliphatic rings. The van der Waals surface area contributed by atoms with Crippen molar-refractivity contribution in [2.45, 2.75) is 26.3 Å². The number of aryl methyl sites for hydroxylation is 1. The molecule has 0 spiro atoms. The van der Waals surface area contributed by atoms with Crippen LogP contribution in [-0.2, 0) is 4.74 Å². The summed E-state index contributed by atoms with van der Waals surface area (Å²) in [6, 6.07) is 7.03. The smallest absolute Gasteiger partial charge is 0.0513 e. The van der Waals surface area contributed by atoms with Crippen molar-refractivity contribution in [2.75, 3.05) is 19.8 Å². The zero-order chi connectivity index (χ0) is 12.3. The zero-order valence-corrected chi connectivity index (χ0v) is 12.7. The largest absolute Gasteiger partial charge is 0.381 e. The van der Waals surface area contributed by atoms with Crippen molar-refractivity contribution in [3.8, 4) is 0 Å². The van der Waals surface area contributed by atoms with Crippen LogP contribution < -0.4 is 5.32 Å². The van der Waals surface area contributed by atoms with Crippen LogP contribution in [0.5, 0.6) is 0 Å². The van der Waals surface area contributed by atoms with E-state index < -0.39 is 0 Å². The van der Waals surface area contributed by atoms with Crippen molar-refractivity contribution >= 4 is 22.6 Å². The van der Waals surface area contributed by atoms with Crippen molar-refractivity contribution in [1.82, 2.24) is 5.32 Å². The van der Waals surface area contributed by atoms with Crippen LogP contribution in [0.15, 0.2) is 18.2 Å². The Balaban J connectivity index is 2.27. The van der Waals surface area contributed by atoms with E-state index in [4.69, 9.17) is 4.74 Å². The first-order valence-electron chi connectivity index (χ1n) is 6.30. The highest BCUT2D eigenvalue weighted by atomic mass is 127. The number of hydrogen-bond donors (Lipinski definition) is 1. The van der Waals surface area contributed by atoms with E-state index in [1.807, 2.05) is 0 Å². The van der Waals surface area contributed by atoms with E-state index in [-0.39, 0.29) is 0 Å². The molecule has 0 bridgehead atoms. The molecule has 1 N–H and O–H groups in total. The lowest BCUT2D eigenvalue weighted by atomic mass is 9.91. The minimum Gasteiger partial charge on any atom is -0.381 e. The lowest BCUT2D eigenvalue weighted by Gasteiger charge is -2.25. The van der Waals surface area contributed by atoms with Gasteiger partial charge < -0.3 is 10.1 Å². The molecule has 2 nitrogen and oxygen atoms in total. The van der Waals surface area contributed by atoms with Crippen LogP contribution in [0.25, 0.3) is 0 Å². The highest BCUT2D eigenvalue weighted by molar-refractivity contribution is 14.1. The van der Waals surface area contributed by atoms with E-state index in [1.54, 1.807) is 0 Å². The van der Waals surface area contributed by atoms with Crippen molar-refractivity contribution < 1.29 is 4.74 Å². The maximum Gasteiger partial charge on any atom is 0.0513 e. The number of hydrogen-bond acceptors (Lipinski definition) is 2. The van der Waals surface area contributed by atoms with Crippen molar-refractivity contribution in [1.29, 1.82) is 0 Å². The molecule has 1 aromatic rings. The summed E-state index contributed by atoms with van der Waals surface area (Å²) in [4.78, 5) is 0. The molecule has 1 fully saturated rings. The Morgan fingerprint density at radius 3 is 3.00 bits per heavy atom. The van der Waals surface area contributed by atoms with E-state index in [1.165, 1.54) is 21.1 Å². The third-order valence-corrected chi connectivity index (χ3v) is 4.89. The molecule has 0 aromatic heterocycles. The van der Waals surface area contributed by atoms with Gasteiger partial charge >= 0.3 is 0 Å². The summed E-state index contributed by atoms with van der Waals surface area (Å²) < 4.78 is 6.93. The minimum absolute atomic E-state index is 0.439. The summed E-state index contributed by atoms with van der Waals surface area (Å²) in [5.74, 6) is 0.616. The molecule has 1 saturated heterocycles. The molecular formula is C14H20INO. The van der Waals surface area contributed by atoms with Crippen molar-refractivity contribution in [3.63, 3.8) is 0 Å². The molecule has 2 rings (SSSR count). The Bertz CT molecular complexity index is 374. The van der Waals surface area contributed by atoms with Gasteiger partial charge in [-0.1, -0.05) is 25.1 Å². The van der Waals surface area contributed by atoms with Crippen molar-refractivity contribution in [2.24, 2.45) is 5.92 Å². The van der Waals surface area contributed by atoms with E-state index in [2.05, 4.69) is 60.0 Å². The molecule has 0 aliphatic carbocycles. The molecule has 2 atom stereocenters. The highest BCUT2D eigenvalue weighted by Gasteiger charge is 2.27. The topological polar surface area (TPSA) is 21.3 Å². The second kappa shape index (κ2) is 6.16. The van der Waals surface area contributed by atoms with Gasteiger partial charge in [0.05, 0.1) is 6.61 Å². The SMILES string of the molecule is CCNC(c1cccc(C)c1I)C1CCOC1. The lowest BCUT2D eigenvalue weighted by Crippen LogP contribution is -2.29. The van der Waals surface area contributed by atoms with E-state index in [0.29, 0.717) is 12.0 Å². The van der Waals surface area contributed by atoms with Gasteiger partial charge in [0, 0.05) is 22.1 Å². The summed E-state index contributed by atoms with van der Waals surface area (Å²) in [7, 11) is 0. The van der Waals surface area contributed by atoms with Gasteiger partial charge in [-0.2, -0.15) is 0 Å². The highest BCUT2D eigenvalue weighted by Crippen LogP contribution is 2.32. The summed E-state index contributed by atoms with van der Waals surface area (Å²) in [5, 5.41) is 3.62. The standard InChI is InChI=1S/C14H20INO/c1-3-16-14(11-7-8-17-9-11)12-6-4-5-10(2)13(12)15/h4-6,11,14,16H,3,7-9H2,1-2H3. The maximum atomic E-state index is 5.53. The van der Waals surface area contributed by atoms with Crippen LogP contribution in [0, 0.1) is 16.4 Å². The quantitative estimate of drug-likeness (QED) is 0.846. The average Bonchev–Trinajstić information content (AvgIpc) is 2.84. The van der Waals surface area contributed by atoms with Crippen LogP contribution in [0.1, 0.15) is 30.5 Å². The first kappa shape index (κ1) is 13.3. The van der Waals surface area contributed by atoms with Crippen LogP contribution >= 0.6 is 22.6 Å². The lowest BCUT2D eigenvalue weighted by molar-refractivity contribution is 0.177. The predicted molar refractivity (Wildman–Crippen MR) is 79.2 cm³/mol. The van der Waals surface area contributed by atoms with E-state index in [9.17, 15) is 0 Å². The van der Waals surface area contributed by atoms with Gasteiger partial charge in [0.1, 0.15) is 0 Å². The number of rotatable bonds is 4. The third kappa shape index (κ3) is 3.01. The maximum absolute atomic E-state index is 5.53. The molecule has 0 saturated carbocycles. The Hall–Kier alpha value is -0.130. The van der Waals surface area contributed by atoms with Crippen LogP contribution in [-0.4, -0.2) is 19.8 Å². The summed E-state index contributed by atoms with van der Waals surface area (Å²) >= 11 is 2.47. The average molecular weight is 345 g/mol. The second-order valence-corrected chi connectivity index (χ2v) is 5.72. The summed E-state index contributed by atoms with van der Waals surface area (Å²) in [6.07, 6.45) is 1.17. The van der Waals surface area contributed by atoms with Gasteiger partial charge in [-0.3, -0.25) is 0 Å². The molecular weight excluding hydrogens is 325 g/mol. The van der Waals surface area contributed by atoms with Gasteiger partial charge in [-0.25, -0.2) is 0 Å². The molecule has 17 heavy (non-hydrogen) atoms. The number of benzene rings is 1. The Kier molecular flexibility index (Phi) is 4.82. The molecule has 2 unspecified atom stereocenters. The van der Waals surface area contributed by atoms with Crippen molar-refractivity contribution in [3.05, 3.63) is 32.9 Å². The molecule has 3 heteroatoms. The zero-order valence-electron chi connectivity index (χ0n) is 10.5. The second-order valence-electron chi connectivity index (χ2n) is 4.64.